The highest BCUT2D eigenvalue weighted by Gasteiger charge is 1.97. The van der Waals surface area contributed by atoms with E-state index >= 15 is 0 Å². The molecule has 1 aromatic heterocycles. The number of nitrogens with one attached hydrogen (secondary N) is 1. The zero-order valence-corrected chi connectivity index (χ0v) is 10.7. The van der Waals surface area contributed by atoms with Crippen LogP contribution in [0.1, 0.15) is 24.6 Å². The lowest BCUT2D eigenvalue weighted by Crippen LogP contribution is -2.21. The fourth-order valence-corrected chi connectivity index (χ4v) is 2.46. The molecule has 1 unspecified atom stereocenters. The summed E-state index contributed by atoms with van der Waals surface area (Å²) in [4.78, 5) is 1.35. The molecule has 0 saturated heterocycles. The first-order chi connectivity index (χ1) is 7.18. The molecule has 15 heavy (non-hydrogen) atoms. The summed E-state index contributed by atoms with van der Waals surface area (Å²) in [6.45, 7) is 4.13. The molecule has 3 N–H and O–H groups in total. The van der Waals surface area contributed by atoms with Gasteiger partial charge in [-0.1, -0.05) is 11.6 Å². The molecule has 86 valence electrons. The second-order valence-corrected chi connectivity index (χ2v) is 5.62. The minimum absolute atomic E-state index is 0.322. The van der Waals surface area contributed by atoms with E-state index in [0.29, 0.717) is 6.04 Å². The van der Waals surface area contributed by atoms with Crippen LogP contribution in [-0.2, 0) is 6.42 Å². The molecule has 1 heterocycles. The summed E-state index contributed by atoms with van der Waals surface area (Å²) in [5.74, 6) is 0. The van der Waals surface area contributed by atoms with Crippen LogP contribution in [0.5, 0.6) is 0 Å². The molecule has 0 radical (unpaired) electrons. The first kappa shape index (κ1) is 13.0. The topological polar surface area (TPSA) is 38.0 Å². The van der Waals surface area contributed by atoms with Gasteiger partial charge in [0, 0.05) is 10.9 Å². The van der Waals surface area contributed by atoms with Crippen LogP contribution in [0.3, 0.4) is 0 Å². The van der Waals surface area contributed by atoms with Crippen molar-refractivity contribution in [1.29, 1.82) is 0 Å². The standard InChI is InChI=1S/C11H19ClN2S/c1-9(13)3-2-7-14-8-6-10-4-5-11(12)15-10/h4-5,9,14H,2-3,6-8,13H2,1H3. The molecule has 0 fully saturated rings. The highest BCUT2D eigenvalue weighted by molar-refractivity contribution is 7.16. The quantitative estimate of drug-likeness (QED) is 0.726. The van der Waals surface area contributed by atoms with Crippen LogP contribution in [-0.4, -0.2) is 19.1 Å². The number of thiophene rings is 1. The van der Waals surface area contributed by atoms with Crippen molar-refractivity contribution in [3.05, 3.63) is 21.3 Å². The van der Waals surface area contributed by atoms with E-state index in [4.69, 9.17) is 17.3 Å². The van der Waals surface area contributed by atoms with Gasteiger partial charge >= 0.3 is 0 Å². The van der Waals surface area contributed by atoms with Gasteiger partial charge in [-0.2, -0.15) is 0 Å². The molecule has 1 atom stereocenters. The molecule has 0 saturated carbocycles. The summed E-state index contributed by atoms with van der Waals surface area (Å²) in [6, 6.07) is 4.37. The van der Waals surface area contributed by atoms with Crippen molar-refractivity contribution in [3.8, 4) is 0 Å². The van der Waals surface area contributed by atoms with Gasteiger partial charge in [0.05, 0.1) is 4.34 Å². The predicted octanol–water partition coefficient (Wildman–Crippen LogP) is 2.66. The van der Waals surface area contributed by atoms with E-state index in [1.807, 2.05) is 13.0 Å². The third-order valence-corrected chi connectivity index (χ3v) is 3.48. The Labute approximate surface area is 101 Å². The van der Waals surface area contributed by atoms with Crippen molar-refractivity contribution < 1.29 is 0 Å². The number of hydrogen-bond acceptors (Lipinski definition) is 3. The lowest BCUT2D eigenvalue weighted by Gasteiger charge is -2.05. The Balaban J connectivity index is 1.98. The SMILES string of the molecule is CC(N)CCCNCCc1ccc(Cl)s1. The molecule has 0 spiro atoms. The highest BCUT2D eigenvalue weighted by atomic mass is 35.5. The Kier molecular flexibility index (Phi) is 6.25. The monoisotopic (exact) mass is 246 g/mol. The van der Waals surface area contributed by atoms with Gasteiger partial charge in [-0.25, -0.2) is 0 Å². The lowest BCUT2D eigenvalue weighted by atomic mass is 10.2. The fraction of sp³-hybridized carbons (Fsp3) is 0.636. The minimum Gasteiger partial charge on any atom is -0.328 e. The summed E-state index contributed by atoms with van der Waals surface area (Å²) >= 11 is 7.50. The van der Waals surface area contributed by atoms with E-state index in [9.17, 15) is 0 Å². The summed E-state index contributed by atoms with van der Waals surface area (Å²) in [5, 5.41) is 3.41. The van der Waals surface area contributed by atoms with Gasteiger partial charge in [-0.3, -0.25) is 0 Å². The van der Waals surface area contributed by atoms with Crippen LogP contribution in [0.25, 0.3) is 0 Å². The molecular formula is C11H19ClN2S. The lowest BCUT2D eigenvalue weighted by molar-refractivity contribution is 0.576. The molecule has 0 aliphatic heterocycles. The van der Waals surface area contributed by atoms with Crippen molar-refractivity contribution >= 4 is 22.9 Å². The van der Waals surface area contributed by atoms with Gasteiger partial charge in [0.25, 0.3) is 0 Å². The number of hydrogen-bond donors (Lipinski definition) is 2. The van der Waals surface area contributed by atoms with Crippen molar-refractivity contribution in [2.24, 2.45) is 5.73 Å². The molecule has 0 aliphatic carbocycles. The Morgan fingerprint density at radius 1 is 1.47 bits per heavy atom. The van der Waals surface area contributed by atoms with Crippen LogP contribution in [0, 0.1) is 0 Å². The largest absolute Gasteiger partial charge is 0.328 e. The van der Waals surface area contributed by atoms with E-state index in [2.05, 4.69) is 11.4 Å². The van der Waals surface area contributed by atoms with E-state index in [-0.39, 0.29) is 0 Å². The van der Waals surface area contributed by atoms with Crippen molar-refractivity contribution in [1.82, 2.24) is 5.32 Å². The molecule has 0 bridgehead atoms. The molecule has 0 aliphatic rings. The summed E-state index contributed by atoms with van der Waals surface area (Å²) in [7, 11) is 0. The normalized spacial score (nSPS) is 13.0. The Morgan fingerprint density at radius 3 is 2.87 bits per heavy atom. The summed E-state index contributed by atoms with van der Waals surface area (Å²) in [5.41, 5.74) is 5.66. The maximum atomic E-state index is 5.84. The van der Waals surface area contributed by atoms with Crippen LogP contribution < -0.4 is 11.1 Å². The van der Waals surface area contributed by atoms with Gasteiger partial charge in [0.2, 0.25) is 0 Å². The van der Waals surface area contributed by atoms with Crippen molar-refractivity contribution in [2.75, 3.05) is 13.1 Å². The van der Waals surface area contributed by atoms with E-state index in [1.54, 1.807) is 11.3 Å². The first-order valence-electron chi connectivity index (χ1n) is 5.39. The highest BCUT2D eigenvalue weighted by Crippen LogP contribution is 2.21. The second-order valence-electron chi connectivity index (χ2n) is 3.83. The number of halogens is 1. The van der Waals surface area contributed by atoms with Crippen LogP contribution in [0.4, 0.5) is 0 Å². The molecule has 2 nitrogen and oxygen atoms in total. The fourth-order valence-electron chi connectivity index (χ4n) is 1.37. The maximum absolute atomic E-state index is 5.84. The van der Waals surface area contributed by atoms with E-state index in [0.717, 1.165) is 36.7 Å². The van der Waals surface area contributed by atoms with Gasteiger partial charge < -0.3 is 11.1 Å². The molecule has 1 aromatic rings. The predicted molar refractivity (Wildman–Crippen MR) is 68.8 cm³/mol. The molecule has 0 amide bonds. The Bertz CT molecular complexity index is 273. The van der Waals surface area contributed by atoms with Crippen molar-refractivity contribution in [3.63, 3.8) is 0 Å². The first-order valence-corrected chi connectivity index (χ1v) is 6.58. The zero-order chi connectivity index (χ0) is 11.1. The number of nitrogens with two attached hydrogens (primary N) is 1. The Hall–Kier alpha value is -0.0900. The third-order valence-electron chi connectivity index (χ3n) is 2.19. The second kappa shape index (κ2) is 7.23. The molecule has 4 heteroatoms. The van der Waals surface area contributed by atoms with Crippen molar-refractivity contribution in [2.45, 2.75) is 32.2 Å². The van der Waals surface area contributed by atoms with Crippen LogP contribution >= 0.6 is 22.9 Å². The summed E-state index contributed by atoms with van der Waals surface area (Å²) in [6.07, 6.45) is 3.32. The van der Waals surface area contributed by atoms with E-state index < -0.39 is 0 Å². The van der Waals surface area contributed by atoms with Gasteiger partial charge in [-0.05, 0) is 51.4 Å². The zero-order valence-electron chi connectivity index (χ0n) is 9.13. The van der Waals surface area contributed by atoms with E-state index in [1.165, 1.54) is 4.88 Å². The molecule has 0 aromatic carbocycles. The third kappa shape index (κ3) is 6.15. The van der Waals surface area contributed by atoms with Crippen LogP contribution in [0.15, 0.2) is 12.1 Å². The summed E-state index contributed by atoms with van der Waals surface area (Å²) < 4.78 is 0.877. The van der Waals surface area contributed by atoms with Gasteiger partial charge in [0.15, 0.2) is 0 Å². The Morgan fingerprint density at radius 2 is 2.27 bits per heavy atom. The smallest absolute Gasteiger partial charge is 0.0931 e. The van der Waals surface area contributed by atoms with Gasteiger partial charge in [-0.15, -0.1) is 11.3 Å². The minimum atomic E-state index is 0.322. The average Bonchev–Trinajstić information content (AvgIpc) is 2.57. The molecular weight excluding hydrogens is 228 g/mol. The number of rotatable bonds is 7. The average molecular weight is 247 g/mol. The van der Waals surface area contributed by atoms with Crippen LogP contribution in [0.2, 0.25) is 4.34 Å². The maximum Gasteiger partial charge on any atom is 0.0931 e. The van der Waals surface area contributed by atoms with Gasteiger partial charge in [0.1, 0.15) is 0 Å². The molecule has 1 rings (SSSR count).